The van der Waals surface area contributed by atoms with E-state index in [0.29, 0.717) is 6.04 Å². The number of nitrogens with zero attached hydrogens (tertiary/aromatic N) is 2. The molecule has 1 saturated heterocycles. The van der Waals surface area contributed by atoms with Crippen LogP contribution in [0.1, 0.15) is 32.1 Å². The van der Waals surface area contributed by atoms with Crippen LogP contribution in [0.2, 0.25) is 0 Å². The quantitative estimate of drug-likeness (QED) is 0.898. The predicted octanol–water partition coefficient (Wildman–Crippen LogP) is 2.73. The van der Waals surface area contributed by atoms with Gasteiger partial charge in [0.05, 0.1) is 0 Å². The summed E-state index contributed by atoms with van der Waals surface area (Å²) in [6.07, 6.45) is 3.35. The first-order chi connectivity index (χ1) is 8.11. The lowest BCUT2D eigenvalue weighted by molar-refractivity contribution is 0.297. The number of rotatable bonds is 3. The molecule has 1 fully saturated rings. The van der Waals surface area contributed by atoms with E-state index >= 15 is 0 Å². The highest BCUT2D eigenvalue weighted by molar-refractivity contribution is 7.15. The molecular weight excluding hydrogens is 230 g/mol. The summed E-state index contributed by atoms with van der Waals surface area (Å²) in [5.74, 6) is 1.54. The van der Waals surface area contributed by atoms with Gasteiger partial charge in [-0.1, -0.05) is 13.8 Å². The van der Waals surface area contributed by atoms with E-state index in [1.807, 2.05) is 24.6 Å². The first-order valence-electron chi connectivity index (χ1n) is 6.47. The molecule has 2 heterocycles. The predicted molar refractivity (Wildman–Crippen MR) is 74.6 cm³/mol. The molecule has 0 aliphatic carbocycles. The molecule has 0 saturated carbocycles. The van der Waals surface area contributed by atoms with Crippen LogP contribution in [-0.4, -0.2) is 24.6 Å². The lowest BCUT2D eigenvalue weighted by atomic mass is 9.86. The monoisotopic (exact) mass is 253 g/mol. The zero-order chi connectivity index (χ0) is 12.4. The summed E-state index contributed by atoms with van der Waals surface area (Å²) in [7, 11) is 1.98. The number of hydrogen-bond donors (Lipinski definition) is 1. The Kier molecular flexibility index (Phi) is 4.05. The highest BCUT2D eigenvalue weighted by Gasteiger charge is 2.30. The zero-order valence-corrected chi connectivity index (χ0v) is 12.0. The third kappa shape index (κ3) is 2.80. The topological polar surface area (TPSA) is 28.2 Å². The molecule has 17 heavy (non-hydrogen) atoms. The summed E-state index contributed by atoms with van der Waals surface area (Å²) in [6, 6.07) is 0.611. The second-order valence-electron chi connectivity index (χ2n) is 5.35. The third-order valence-electron chi connectivity index (χ3n) is 3.74. The summed E-state index contributed by atoms with van der Waals surface area (Å²) >= 11 is 1.82. The highest BCUT2D eigenvalue weighted by atomic mass is 32.1. The smallest absolute Gasteiger partial charge is 0.185 e. The van der Waals surface area contributed by atoms with Crippen molar-refractivity contribution in [2.75, 3.05) is 18.5 Å². The highest BCUT2D eigenvalue weighted by Crippen LogP contribution is 2.33. The van der Waals surface area contributed by atoms with E-state index in [-0.39, 0.29) is 0 Å². The molecule has 3 unspecified atom stereocenters. The molecule has 1 N–H and O–H groups in total. The lowest BCUT2D eigenvalue weighted by Gasteiger charge is -2.41. The molecule has 0 spiro atoms. The minimum atomic E-state index is 0.611. The SMILES string of the molecule is CNCc1cnc(N2CC(C)CC(C)C2C)s1. The van der Waals surface area contributed by atoms with Crippen molar-refractivity contribution in [3.8, 4) is 0 Å². The average Bonchev–Trinajstić information content (AvgIpc) is 2.72. The maximum Gasteiger partial charge on any atom is 0.185 e. The van der Waals surface area contributed by atoms with Gasteiger partial charge in [0, 0.05) is 30.2 Å². The van der Waals surface area contributed by atoms with Gasteiger partial charge in [0.25, 0.3) is 0 Å². The Morgan fingerprint density at radius 3 is 2.94 bits per heavy atom. The molecule has 4 heteroatoms. The zero-order valence-electron chi connectivity index (χ0n) is 11.2. The average molecular weight is 253 g/mol. The maximum absolute atomic E-state index is 4.58. The summed E-state index contributed by atoms with van der Waals surface area (Å²) in [6.45, 7) is 9.10. The molecule has 0 amide bonds. The van der Waals surface area contributed by atoms with Gasteiger partial charge in [0.15, 0.2) is 5.13 Å². The van der Waals surface area contributed by atoms with E-state index in [2.05, 4.69) is 36.0 Å². The standard InChI is InChI=1S/C13H23N3S/c1-9-5-10(2)11(3)16(8-9)13-15-7-12(17-13)6-14-4/h7,9-11,14H,5-6,8H2,1-4H3. The first kappa shape index (κ1) is 12.8. The van der Waals surface area contributed by atoms with Crippen LogP contribution in [0.4, 0.5) is 5.13 Å². The summed E-state index contributed by atoms with van der Waals surface area (Å²) in [5.41, 5.74) is 0. The van der Waals surface area contributed by atoms with E-state index in [4.69, 9.17) is 0 Å². The van der Waals surface area contributed by atoms with Crippen molar-refractivity contribution in [1.29, 1.82) is 0 Å². The second kappa shape index (κ2) is 5.36. The van der Waals surface area contributed by atoms with E-state index in [1.165, 1.54) is 16.4 Å². The van der Waals surface area contributed by atoms with Crippen LogP contribution in [0.3, 0.4) is 0 Å². The minimum Gasteiger partial charge on any atom is -0.345 e. The Morgan fingerprint density at radius 1 is 1.47 bits per heavy atom. The molecular formula is C13H23N3S. The van der Waals surface area contributed by atoms with Gasteiger partial charge < -0.3 is 10.2 Å². The van der Waals surface area contributed by atoms with Crippen LogP contribution in [0.5, 0.6) is 0 Å². The van der Waals surface area contributed by atoms with Crippen molar-refractivity contribution in [1.82, 2.24) is 10.3 Å². The molecule has 96 valence electrons. The van der Waals surface area contributed by atoms with Gasteiger partial charge in [0.1, 0.15) is 0 Å². The molecule has 1 aliphatic rings. The number of aromatic nitrogens is 1. The molecule has 0 bridgehead atoms. The fourth-order valence-electron chi connectivity index (χ4n) is 2.65. The van der Waals surface area contributed by atoms with Gasteiger partial charge >= 0.3 is 0 Å². The Balaban J connectivity index is 2.13. The summed E-state index contributed by atoms with van der Waals surface area (Å²) in [4.78, 5) is 8.39. The normalized spacial score (nSPS) is 29.6. The molecule has 1 aromatic rings. The van der Waals surface area contributed by atoms with E-state index < -0.39 is 0 Å². The molecule has 2 rings (SSSR count). The number of nitrogens with one attached hydrogen (secondary N) is 1. The maximum atomic E-state index is 4.58. The molecule has 1 aliphatic heterocycles. The van der Waals surface area contributed by atoms with Gasteiger partial charge in [-0.25, -0.2) is 4.98 Å². The number of anilines is 1. The largest absolute Gasteiger partial charge is 0.345 e. The molecule has 1 aromatic heterocycles. The Morgan fingerprint density at radius 2 is 2.24 bits per heavy atom. The molecule has 0 aromatic carbocycles. The van der Waals surface area contributed by atoms with E-state index in [1.54, 1.807) is 0 Å². The Bertz CT molecular complexity index is 363. The van der Waals surface area contributed by atoms with Gasteiger partial charge in [-0.05, 0) is 32.2 Å². The van der Waals surface area contributed by atoms with E-state index in [0.717, 1.165) is 24.9 Å². The van der Waals surface area contributed by atoms with E-state index in [9.17, 15) is 0 Å². The van der Waals surface area contributed by atoms with Crippen LogP contribution in [-0.2, 0) is 6.54 Å². The summed E-state index contributed by atoms with van der Waals surface area (Å²) in [5, 5.41) is 4.38. The second-order valence-corrected chi connectivity index (χ2v) is 6.44. The number of piperidine rings is 1. The van der Waals surface area contributed by atoms with Crippen LogP contribution < -0.4 is 10.2 Å². The third-order valence-corrected chi connectivity index (χ3v) is 4.77. The van der Waals surface area contributed by atoms with Gasteiger partial charge in [0.2, 0.25) is 0 Å². The molecule has 0 radical (unpaired) electrons. The van der Waals surface area contributed by atoms with Crippen LogP contribution in [0, 0.1) is 11.8 Å². The Hall–Kier alpha value is -0.610. The fourth-order valence-corrected chi connectivity index (χ4v) is 3.67. The van der Waals surface area contributed by atoms with Crippen molar-refractivity contribution in [2.24, 2.45) is 11.8 Å². The van der Waals surface area contributed by atoms with Gasteiger partial charge in [-0.3, -0.25) is 0 Å². The summed E-state index contributed by atoms with van der Waals surface area (Å²) < 4.78 is 0. The molecule has 3 atom stereocenters. The fraction of sp³-hybridized carbons (Fsp3) is 0.769. The van der Waals surface area contributed by atoms with Crippen LogP contribution >= 0.6 is 11.3 Å². The van der Waals surface area contributed by atoms with Gasteiger partial charge in [-0.15, -0.1) is 11.3 Å². The van der Waals surface area contributed by atoms with Gasteiger partial charge in [-0.2, -0.15) is 0 Å². The van der Waals surface area contributed by atoms with Crippen molar-refractivity contribution >= 4 is 16.5 Å². The van der Waals surface area contributed by atoms with Crippen LogP contribution in [0.25, 0.3) is 0 Å². The number of hydrogen-bond acceptors (Lipinski definition) is 4. The van der Waals surface area contributed by atoms with Crippen molar-refractivity contribution in [2.45, 2.75) is 39.8 Å². The number of thiazole rings is 1. The van der Waals surface area contributed by atoms with Crippen LogP contribution in [0.15, 0.2) is 6.20 Å². The first-order valence-corrected chi connectivity index (χ1v) is 7.29. The van der Waals surface area contributed by atoms with Crippen molar-refractivity contribution in [3.63, 3.8) is 0 Å². The lowest BCUT2D eigenvalue weighted by Crippen LogP contribution is -2.45. The minimum absolute atomic E-state index is 0.611. The molecule has 3 nitrogen and oxygen atoms in total. The Labute approximate surface area is 108 Å². The van der Waals surface area contributed by atoms with Crippen molar-refractivity contribution in [3.05, 3.63) is 11.1 Å². The van der Waals surface area contributed by atoms with Crippen molar-refractivity contribution < 1.29 is 0 Å².